The minimum Gasteiger partial charge on any atom is -0.493 e. The monoisotopic (exact) mass is 454 g/mol. The number of nitrogens with zero attached hydrogens (tertiary/aromatic N) is 1. The Labute approximate surface area is 187 Å². The minimum absolute atomic E-state index is 0.239. The quantitative estimate of drug-likeness (QED) is 0.421. The molecular weight excluding hydrogens is 436 g/mol. The lowest BCUT2D eigenvalue weighted by atomic mass is 10.1. The molecule has 8 heteroatoms. The number of thiophene rings is 1. The summed E-state index contributed by atoms with van der Waals surface area (Å²) in [6.07, 6.45) is 1.68. The van der Waals surface area contributed by atoms with Gasteiger partial charge in [0.05, 0.1) is 31.7 Å². The van der Waals surface area contributed by atoms with Crippen molar-refractivity contribution in [2.24, 2.45) is 0 Å². The second-order valence-electron chi connectivity index (χ2n) is 6.56. The van der Waals surface area contributed by atoms with Crippen molar-refractivity contribution in [2.75, 3.05) is 21.3 Å². The molecule has 0 radical (unpaired) electrons. The minimum atomic E-state index is -0.239. The fourth-order valence-corrected chi connectivity index (χ4v) is 4.46. The van der Waals surface area contributed by atoms with Gasteiger partial charge in [0, 0.05) is 10.9 Å². The van der Waals surface area contributed by atoms with Gasteiger partial charge in [0.25, 0.3) is 5.56 Å². The Balaban J connectivity index is 1.77. The molecule has 0 saturated heterocycles. The first-order chi connectivity index (χ1) is 15.0. The van der Waals surface area contributed by atoms with E-state index in [1.807, 2.05) is 35.7 Å². The Morgan fingerprint density at radius 1 is 1.06 bits per heavy atom. The predicted molar refractivity (Wildman–Crippen MR) is 125 cm³/mol. The van der Waals surface area contributed by atoms with Crippen molar-refractivity contribution in [2.45, 2.75) is 0 Å². The van der Waals surface area contributed by atoms with E-state index < -0.39 is 0 Å². The van der Waals surface area contributed by atoms with Crippen LogP contribution in [0.2, 0.25) is 0 Å². The van der Waals surface area contributed by atoms with Crippen molar-refractivity contribution < 1.29 is 14.2 Å². The normalized spacial score (nSPS) is 11.5. The van der Waals surface area contributed by atoms with Gasteiger partial charge in [-0.2, -0.15) is 0 Å². The van der Waals surface area contributed by atoms with E-state index in [0.717, 1.165) is 11.1 Å². The van der Waals surface area contributed by atoms with Crippen molar-refractivity contribution >= 4 is 44.3 Å². The molecule has 0 aliphatic carbocycles. The van der Waals surface area contributed by atoms with Crippen LogP contribution < -0.4 is 19.8 Å². The highest BCUT2D eigenvalue weighted by atomic mass is 35.5. The number of nitrogens with one attached hydrogen (secondary N) is 1. The van der Waals surface area contributed by atoms with Gasteiger partial charge in [-0.15, -0.1) is 11.3 Å². The van der Waals surface area contributed by atoms with Crippen molar-refractivity contribution in [1.82, 2.24) is 9.97 Å². The third-order valence-corrected chi connectivity index (χ3v) is 5.90. The maximum absolute atomic E-state index is 12.9. The molecule has 4 aromatic rings. The van der Waals surface area contributed by atoms with Gasteiger partial charge in [0.15, 0.2) is 17.3 Å². The molecule has 0 amide bonds. The SMILES string of the molecule is COc1cc(/C=C(\Cl)c2nc3scc(-c4ccccc4)c3c(=O)[nH]2)cc(OC)c1OC. The van der Waals surface area contributed by atoms with E-state index in [2.05, 4.69) is 9.97 Å². The first kappa shape index (κ1) is 21.0. The molecule has 2 aromatic carbocycles. The van der Waals surface area contributed by atoms with Crippen molar-refractivity contribution in [3.63, 3.8) is 0 Å². The van der Waals surface area contributed by atoms with E-state index in [4.69, 9.17) is 25.8 Å². The zero-order chi connectivity index (χ0) is 22.0. The maximum Gasteiger partial charge on any atom is 0.260 e. The fraction of sp³-hybridized carbons (Fsp3) is 0.130. The van der Waals surface area contributed by atoms with Crippen LogP contribution in [0.3, 0.4) is 0 Å². The lowest BCUT2D eigenvalue weighted by Crippen LogP contribution is -2.10. The van der Waals surface area contributed by atoms with Crippen LogP contribution >= 0.6 is 22.9 Å². The Hall–Kier alpha value is -3.29. The predicted octanol–water partition coefficient (Wildman–Crippen LogP) is 5.41. The molecule has 158 valence electrons. The van der Waals surface area contributed by atoms with Crippen LogP contribution in [-0.4, -0.2) is 31.3 Å². The second kappa shape index (κ2) is 8.83. The summed E-state index contributed by atoms with van der Waals surface area (Å²) in [6.45, 7) is 0. The lowest BCUT2D eigenvalue weighted by molar-refractivity contribution is 0.324. The van der Waals surface area contributed by atoms with Gasteiger partial charge in [0.2, 0.25) is 5.75 Å². The smallest absolute Gasteiger partial charge is 0.260 e. The van der Waals surface area contributed by atoms with Crippen LogP contribution in [0.1, 0.15) is 11.4 Å². The third-order valence-electron chi connectivity index (χ3n) is 4.74. The summed E-state index contributed by atoms with van der Waals surface area (Å²) in [4.78, 5) is 20.9. The van der Waals surface area contributed by atoms with Crippen LogP contribution in [0.15, 0.2) is 52.6 Å². The molecule has 2 aromatic heterocycles. The Kier molecular flexibility index (Phi) is 5.97. The van der Waals surface area contributed by atoms with Crippen LogP contribution in [0.25, 0.3) is 32.5 Å². The molecule has 0 fully saturated rings. The van der Waals surface area contributed by atoms with E-state index in [0.29, 0.717) is 33.0 Å². The zero-order valence-corrected chi connectivity index (χ0v) is 18.6. The number of aromatic amines is 1. The van der Waals surface area contributed by atoms with E-state index in [9.17, 15) is 4.79 Å². The van der Waals surface area contributed by atoms with Gasteiger partial charge >= 0.3 is 0 Å². The van der Waals surface area contributed by atoms with E-state index in [1.165, 1.54) is 18.4 Å². The number of benzene rings is 2. The summed E-state index contributed by atoms with van der Waals surface area (Å²) >= 11 is 7.93. The molecular formula is C23H19ClN2O4S. The molecule has 0 atom stereocenters. The number of hydrogen-bond acceptors (Lipinski definition) is 6. The number of fused-ring (bicyclic) bond motifs is 1. The Bertz CT molecular complexity index is 1300. The number of H-pyrrole nitrogens is 1. The number of halogens is 1. The van der Waals surface area contributed by atoms with E-state index in [1.54, 1.807) is 32.4 Å². The molecule has 1 N–H and O–H groups in total. The molecule has 0 aliphatic rings. The van der Waals surface area contributed by atoms with Gasteiger partial charge in [-0.1, -0.05) is 41.9 Å². The summed E-state index contributed by atoms with van der Waals surface area (Å²) in [5.74, 6) is 1.77. The van der Waals surface area contributed by atoms with Crippen molar-refractivity contribution in [3.05, 3.63) is 69.6 Å². The summed E-state index contributed by atoms with van der Waals surface area (Å²) in [5.41, 5.74) is 2.29. The van der Waals surface area contributed by atoms with E-state index in [-0.39, 0.29) is 16.4 Å². The van der Waals surface area contributed by atoms with Gasteiger partial charge in [-0.3, -0.25) is 4.79 Å². The highest BCUT2D eigenvalue weighted by molar-refractivity contribution is 7.17. The Morgan fingerprint density at radius 2 is 1.74 bits per heavy atom. The number of hydrogen-bond donors (Lipinski definition) is 1. The standard InChI is InChI=1S/C23H19ClN2O4S/c1-28-17-10-13(11-18(29-2)20(17)30-3)9-16(24)21-25-22(27)19-15(12-31-23(19)26-21)14-7-5-4-6-8-14/h4-12H,1-3H3,(H,25,26,27)/b16-9-. The summed E-state index contributed by atoms with van der Waals surface area (Å²) in [6, 6.07) is 13.3. The molecule has 0 saturated carbocycles. The summed E-state index contributed by atoms with van der Waals surface area (Å²) in [5, 5.41) is 2.77. The first-order valence-corrected chi connectivity index (χ1v) is 10.6. The van der Waals surface area contributed by atoms with Crippen LogP contribution in [0.4, 0.5) is 0 Å². The highest BCUT2D eigenvalue weighted by Crippen LogP contribution is 2.39. The van der Waals surface area contributed by atoms with Crippen LogP contribution in [-0.2, 0) is 0 Å². The van der Waals surface area contributed by atoms with Gasteiger partial charge in [-0.25, -0.2) is 4.98 Å². The summed E-state index contributed by atoms with van der Waals surface area (Å²) in [7, 11) is 4.62. The Morgan fingerprint density at radius 3 is 2.35 bits per heavy atom. The molecule has 0 bridgehead atoms. The number of rotatable bonds is 6. The average Bonchev–Trinajstić information content (AvgIpc) is 3.23. The lowest BCUT2D eigenvalue weighted by Gasteiger charge is -2.13. The molecule has 31 heavy (non-hydrogen) atoms. The van der Waals surface area contributed by atoms with Crippen LogP contribution in [0.5, 0.6) is 17.2 Å². The van der Waals surface area contributed by atoms with E-state index >= 15 is 0 Å². The summed E-state index contributed by atoms with van der Waals surface area (Å²) < 4.78 is 16.1. The molecule has 0 unspecified atom stereocenters. The molecule has 0 spiro atoms. The fourth-order valence-electron chi connectivity index (χ4n) is 3.29. The number of aromatic nitrogens is 2. The molecule has 6 nitrogen and oxygen atoms in total. The first-order valence-electron chi connectivity index (χ1n) is 9.30. The highest BCUT2D eigenvalue weighted by Gasteiger charge is 2.16. The number of methoxy groups -OCH3 is 3. The average molecular weight is 455 g/mol. The topological polar surface area (TPSA) is 73.4 Å². The third kappa shape index (κ3) is 4.02. The van der Waals surface area contributed by atoms with Crippen molar-refractivity contribution in [3.8, 4) is 28.4 Å². The molecule has 4 rings (SSSR count). The molecule has 0 aliphatic heterocycles. The zero-order valence-electron chi connectivity index (χ0n) is 17.1. The van der Waals surface area contributed by atoms with Crippen LogP contribution in [0, 0.1) is 0 Å². The largest absolute Gasteiger partial charge is 0.493 e. The molecule has 2 heterocycles. The maximum atomic E-state index is 12.9. The van der Waals surface area contributed by atoms with Gasteiger partial charge in [-0.05, 0) is 29.3 Å². The van der Waals surface area contributed by atoms with Gasteiger partial charge < -0.3 is 19.2 Å². The second-order valence-corrected chi connectivity index (χ2v) is 7.83. The number of ether oxygens (including phenoxy) is 3. The van der Waals surface area contributed by atoms with Gasteiger partial charge in [0.1, 0.15) is 4.83 Å². The van der Waals surface area contributed by atoms with Crippen molar-refractivity contribution in [1.29, 1.82) is 0 Å².